The highest BCUT2D eigenvalue weighted by atomic mass is 16.5. The van der Waals surface area contributed by atoms with Crippen molar-refractivity contribution in [1.82, 2.24) is 15.2 Å². The van der Waals surface area contributed by atoms with Gasteiger partial charge in [0.15, 0.2) is 0 Å². The maximum atomic E-state index is 5.28. The number of fused-ring (bicyclic) bond motifs is 3. The van der Waals surface area contributed by atoms with Crippen LogP contribution in [0.4, 0.5) is 0 Å². The molecule has 15 heavy (non-hydrogen) atoms. The molecule has 1 N–H and O–H groups in total. The largest absolute Gasteiger partial charge is 0.494 e. The average molecular weight is 199 g/mol. The molecule has 2 heterocycles. The number of rotatable bonds is 1. The maximum absolute atomic E-state index is 5.28. The van der Waals surface area contributed by atoms with Gasteiger partial charge in [-0.05, 0) is 12.1 Å². The van der Waals surface area contributed by atoms with Crippen molar-refractivity contribution in [1.29, 1.82) is 0 Å². The molecule has 4 heteroatoms. The Hall–Kier alpha value is -2.10. The van der Waals surface area contributed by atoms with Gasteiger partial charge in [-0.2, -0.15) is 5.10 Å². The van der Waals surface area contributed by atoms with Gasteiger partial charge in [0.1, 0.15) is 11.3 Å². The van der Waals surface area contributed by atoms with Gasteiger partial charge in [0, 0.05) is 11.6 Å². The number of benzene rings is 1. The second-order valence-electron chi connectivity index (χ2n) is 3.32. The fourth-order valence-electron chi connectivity index (χ4n) is 1.79. The lowest BCUT2D eigenvalue weighted by atomic mass is 10.1. The summed E-state index contributed by atoms with van der Waals surface area (Å²) in [6, 6.07) is 5.95. The molecule has 0 fully saturated rings. The molecule has 0 saturated heterocycles. The van der Waals surface area contributed by atoms with Crippen molar-refractivity contribution in [2.45, 2.75) is 0 Å². The quantitative estimate of drug-likeness (QED) is 0.653. The minimum atomic E-state index is 0.759. The van der Waals surface area contributed by atoms with Crippen LogP contribution in [0.2, 0.25) is 0 Å². The van der Waals surface area contributed by atoms with E-state index in [9.17, 15) is 0 Å². The molecule has 0 radical (unpaired) electrons. The minimum Gasteiger partial charge on any atom is -0.494 e. The summed E-state index contributed by atoms with van der Waals surface area (Å²) >= 11 is 0. The monoisotopic (exact) mass is 199 g/mol. The first-order valence-electron chi connectivity index (χ1n) is 4.65. The Morgan fingerprint density at radius 1 is 1.40 bits per heavy atom. The van der Waals surface area contributed by atoms with E-state index in [1.807, 2.05) is 24.4 Å². The Kier molecular flexibility index (Phi) is 1.62. The molecular formula is C11H9N3O. The van der Waals surface area contributed by atoms with Crippen LogP contribution in [0.25, 0.3) is 21.8 Å². The van der Waals surface area contributed by atoms with Crippen LogP contribution in [0.15, 0.2) is 30.6 Å². The zero-order valence-electron chi connectivity index (χ0n) is 8.19. The smallest absolute Gasteiger partial charge is 0.147 e. The molecule has 74 valence electrons. The van der Waals surface area contributed by atoms with Crippen LogP contribution in [0.3, 0.4) is 0 Å². The summed E-state index contributed by atoms with van der Waals surface area (Å²) in [5.41, 5.74) is 1.84. The average Bonchev–Trinajstić information content (AvgIpc) is 2.77. The highest BCUT2D eigenvalue weighted by Crippen LogP contribution is 2.30. The van der Waals surface area contributed by atoms with E-state index in [0.717, 1.165) is 27.6 Å². The lowest BCUT2D eigenvalue weighted by Gasteiger charge is -2.04. The van der Waals surface area contributed by atoms with Crippen LogP contribution < -0.4 is 4.74 Å². The van der Waals surface area contributed by atoms with Gasteiger partial charge < -0.3 is 9.72 Å². The molecule has 0 unspecified atom stereocenters. The second-order valence-corrected chi connectivity index (χ2v) is 3.32. The summed E-state index contributed by atoms with van der Waals surface area (Å²) < 4.78 is 5.28. The number of aromatic nitrogens is 3. The molecule has 3 rings (SSSR count). The third-order valence-electron chi connectivity index (χ3n) is 2.50. The number of hydrogen-bond donors (Lipinski definition) is 1. The predicted octanol–water partition coefficient (Wildman–Crippen LogP) is 2.12. The van der Waals surface area contributed by atoms with E-state index < -0.39 is 0 Å². The molecule has 4 nitrogen and oxygen atoms in total. The summed E-state index contributed by atoms with van der Waals surface area (Å²) in [5.74, 6) is 0.759. The zero-order chi connectivity index (χ0) is 10.3. The van der Waals surface area contributed by atoms with Crippen LogP contribution in [-0.4, -0.2) is 22.3 Å². The van der Waals surface area contributed by atoms with Gasteiger partial charge in [0.05, 0.1) is 24.2 Å². The third-order valence-corrected chi connectivity index (χ3v) is 2.50. The number of nitrogens with zero attached hydrogens (tertiary/aromatic N) is 2. The fraction of sp³-hybridized carbons (Fsp3) is 0.0909. The molecule has 0 amide bonds. The molecule has 0 saturated carbocycles. The van der Waals surface area contributed by atoms with Crippen molar-refractivity contribution in [3.8, 4) is 5.75 Å². The van der Waals surface area contributed by atoms with Gasteiger partial charge in [-0.15, -0.1) is 5.10 Å². The van der Waals surface area contributed by atoms with Crippen molar-refractivity contribution in [3.05, 3.63) is 30.6 Å². The van der Waals surface area contributed by atoms with E-state index in [1.54, 1.807) is 13.3 Å². The number of H-pyrrole nitrogens is 1. The molecular weight excluding hydrogens is 190 g/mol. The van der Waals surface area contributed by atoms with Gasteiger partial charge in [0.25, 0.3) is 0 Å². The third kappa shape index (κ3) is 1.08. The van der Waals surface area contributed by atoms with Crippen molar-refractivity contribution >= 4 is 21.8 Å². The molecule has 0 aliphatic carbocycles. The molecule has 0 aliphatic heterocycles. The molecule has 0 spiro atoms. The maximum Gasteiger partial charge on any atom is 0.147 e. The highest BCUT2D eigenvalue weighted by Gasteiger charge is 2.09. The first-order chi connectivity index (χ1) is 7.40. The Balaban J connectivity index is 2.57. The summed E-state index contributed by atoms with van der Waals surface area (Å²) in [6.45, 7) is 0. The van der Waals surface area contributed by atoms with E-state index in [1.165, 1.54) is 0 Å². The van der Waals surface area contributed by atoms with E-state index >= 15 is 0 Å². The molecule has 0 bridgehead atoms. The number of nitrogens with one attached hydrogen (secondary N) is 1. The summed E-state index contributed by atoms with van der Waals surface area (Å²) in [5, 5.41) is 10.0. The standard InChI is InChI=1S/C11H9N3O/c1-15-9-5-7-3-2-4-12-10(7)8-6-13-14-11(8)9/h2-6,12H,1H3. The van der Waals surface area contributed by atoms with Crippen LogP contribution in [0.5, 0.6) is 5.75 Å². The number of aromatic amines is 1. The predicted molar refractivity (Wildman–Crippen MR) is 57.9 cm³/mol. The van der Waals surface area contributed by atoms with Crippen molar-refractivity contribution in [2.24, 2.45) is 0 Å². The highest BCUT2D eigenvalue weighted by molar-refractivity contribution is 6.06. The topological polar surface area (TPSA) is 50.8 Å². The van der Waals surface area contributed by atoms with Gasteiger partial charge in [-0.3, -0.25) is 0 Å². The first kappa shape index (κ1) is 8.23. The summed E-state index contributed by atoms with van der Waals surface area (Å²) in [7, 11) is 1.64. The normalized spacial score (nSPS) is 11.0. The molecule has 0 aliphatic rings. The minimum absolute atomic E-state index is 0.759. The lowest BCUT2D eigenvalue weighted by Crippen LogP contribution is -1.86. The van der Waals surface area contributed by atoms with Crippen LogP contribution in [-0.2, 0) is 0 Å². The van der Waals surface area contributed by atoms with Gasteiger partial charge in [-0.25, -0.2) is 0 Å². The summed E-state index contributed by atoms with van der Waals surface area (Å²) in [4.78, 5) is 3.20. The lowest BCUT2D eigenvalue weighted by molar-refractivity contribution is 0.419. The van der Waals surface area contributed by atoms with Gasteiger partial charge in [-0.1, -0.05) is 6.07 Å². The molecule has 1 aromatic carbocycles. The zero-order valence-corrected chi connectivity index (χ0v) is 8.19. The molecule has 2 aromatic heterocycles. The first-order valence-corrected chi connectivity index (χ1v) is 4.65. The van der Waals surface area contributed by atoms with Crippen molar-refractivity contribution in [3.63, 3.8) is 0 Å². The Morgan fingerprint density at radius 3 is 3.20 bits per heavy atom. The Bertz CT molecular complexity index is 630. The van der Waals surface area contributed by atoms with Gasteiger partial charge >= 0.3 is 0 Å². The number of hydrogen-bond acceptors (Lipinski definition) is 3. The molecule has 3 aromatic rings. The van der Waals surface area contributed by atoms with E-state index in [4.69, 9.17) is 4.74 Å². The Labute approximate surface area is 85.9 Å². The second kappa shape index (κ2) is 2.95. The Morgan fingerprint density at radius 2 is 2.33 bits per heavy atom. The fourth-order valence-corrected chi connectivity index (χ4v) is 1.79. The van der Waals surface area contributed by atoms with E-state index in [-0.39, 0.29) is 0 Å². The van der Waals surface area contributed by atoms with E-state index in [2.05, 4.69) is 15.2 Å². The van der Waals surface area contributed by atoms with Crippen molar-refractivity contribution < 1.29 is 4.74 Å². The van der Waals surface area contributed by atoms with Gasteiger partial charge in [0.2, 0.25) is 0 Å². The number of pyridine rings is 1. The molecule has 0 atom stereocenters. The number of ether oxygens (including phenoxy) is 1. The van der Waals surface area contributed by atoms with E-state index in [0.29, 0.717) is 0 Å². The van der Waals surface area contributed by atoms with Crippen LogP contribution >= 0.6 is 0 Å². The SMILES string of the molecule is COc1cc2ccc[nH]c2c2cnnc12. The summed E-state index contributed by atoms with van der Waals surface area (Å²) in [6.07, 6.45) is 3.64. The van der Waals surface area contributed by atoms with Crippen LogP contribution in [0, 0.1) is 0 Å². The number of methoxy groups -OCH3 is 1. The van der Waals surface area contributed by atoms with Crippen molar-refractivity contribution in [2.75, 3.05) is 7.11 Å². The van der Waals surface area contributed by atoms with Crippen LogP contribution in [0.1, 0.15) is 0 Å².